The Morgan fingerprint density at radius 1 is 1.30 bits per heavy atom. The Morgan fingerprint density at radius 3 is 2.50 bits per heavy atom. The molecule has 5 heteroatoms. The van der Waals surface area contributed by atoms with E-state index in [9.17, 15) is 13.6 Å². The second-order valence-electron chi connectivity index (χ2n) is 4.59. The summed E-state index contributed by atoms with van der Waals surface area (Å²) in [7, 11) is 1.54. The lowest BCUT2D eigenvalue weighted by Crippen LogP contribution is -2.42. The molecule has 1 rings (SSSR count). The SMILES string of the molecule is CCC(CC)N(CCOC)C(=O)c1cc(F)ccc1F. The van der Waals surface area contributed by atoms with Gasteiger partial charge < -0.3 is 9.64 Å². The van der Waals surface area contributed by atoms with Crippen molar-refractivity contribution in [1.29, 1.82) is 0 Å². The Bertz CT molecular complexity index is 447. The number of hydrogen-bond acceptors (Lipinski definition) is 2. The van der Waals surface area contributed by atoms with Gasteiger partial charge in [-0.15, -0.1) is 0 Å². The molecule has 0 atom stereocenters. The summed E-state index contributed by atoms with van der Waals surface area (Å²) in [6.45, 7) is 4.64. The van der Waals surface area contributed by atoms with Crippen molar-refractivity contribution in [3.05, 3.63) is 35.4 Å². The lowest BCUT2D eigenvalue weighted by molar-refractivity contribution is 0.0584. The van der Waals surface area contributed by atoms with Gasteiger partial charge in [-0.05, 0) is 31.0 Å². The van der Waals surface area contributed by atoms with Gasteiger partial charge in [-0.1, -0.05) is 13.8 Å². The molecule has 0 saturated heterocycles. The molecule has 1 aromatic rings. The Morgan fingerprint density at radius 2 is 1.95 bits per heavy atom. The van der Waals surface area contributed by atoms with Crippen molar-refractivity contribution in [3.63, 3.8) is 0 Å². The van der Waals surface area contributed by atoms with Crippen LogP contribution in [0.3, 0.4) is 0 Å². The summed E-state index contributed by atoms with van der Waals surface area (Å²) >= 11 is 0. The monoisotopic (exact) mass is 285 g/mol. The second kappa shape index (κ2) is 7.94. The highest BCUT2D eigenvalue weighted by Crippen LogP contribution is 2.17. The van der Waals surface area contributed by atoms with Crippen LogP contribution in [0, 0.1) is 11.6 Å². The van der Waals surface area contributed by atoms with Crippen LogP contribution in [0.5, 0.6) is 0 Å². The molecule has 3 nitrogen and oxygen atoms in total. The normalized spacial score (nSPS) is 10.9. The Hall–Kier alpha value is -1.49. The summed E-state index contributed by atoms with van der Waals surface area (Å²) in [4.78, 5) is 14.0. The molecule has 0 unspecified atom stereocenters. The second-order valence-corrected chi connectivity index (χ2v) is 4.59. The van der Waals surface area contributed by atoms with Crippen LogP contribution in [-0.4, -0.2) is 37.1 Å². The van der Waals surface area contributed by atoms with E-state index in [4.69, 9.17) is 4.74 Å². The third kappa shape index (κ3) is 4.00. The summed E-state index contributed by atoms with van der Waals surface area (Å²) in [6, 6.07) is 2.91. The number of hydrogen-bond donors (Lipinski definition) is 0. The van der Waals surface area contributed by atoms with Crippen LogP contribution in [0.1, 0.15) is 37.0 Å². The van der Waals surface area contributed by atoms with E-state index in [0.717, 1.165) is 31.0 Å². The van der Waals surface area contributed by atoms with E-state index in [2.05, 4.69) is 0 Å². The zero-order chi connectivity index (χ0) is 15.1. The number of rotatable bonds is 7. The molecule has 0 radical (unpaired) electrons. The van der Waals surface area contributed by atoms with Gasteiger partial charge in [0.05, 0.1) is 12.2 Å². The fourth-order valence-corrected chi connectivity index (χ4v) is 2.19. The number of carbonyl (C=O) groups excluding carboxylic acids is 1. The van der Waals surface area contributed by atoms with E-state index in [1.54, 1.807) is 12.0 Å². The van der Waals surface area contributed by atoms with E-state index in [-0.39, 0.29) is 11.6 Å². The van der Waals surface area contributed by atoms with Crippen LogP contribution < -0.4 is 0 Å². The Balaban J connectivity index is 3.05. The number of carbonyl (C=O) groups is 1. The highest BCUT2D eigenvalue weighted by molar-refractivity contribution is 5.94. The smallest absolute Gasteiger partial charge is 0.257 e. The van der Waals surface area contributed by atoms with Crippen LogP contribution >= 0.6 is 0 Å². The number of benzene rings is 1. The third-order valence-corrected chi connectivity index (χ3v) is 3.34. The summed E-state index contributed by atoms with van der Waals surface area (Å²) in [6.07, 6.45) is 1.51. The fraction of sp³-hybridized carbons (Fsp3) is 0.533. The molecule has 1 amide bonds. The van der Waals surface area contributed by atoms with Gasteiger partial charge in [-0.25, -0.2) is 8.78 Å². The zero-order valence-electron chi connectivity index (χ0n) is 12.2. The van der Waals surface area contributed by atoms with Crippen molar-refractivity contribution >= 4 is 5.91 Å². The molecule has 0 aliphatic heterocycles. The quantitative estimate of drug-likeness (QED) is 0.769. The minimum absolute atomic E-state index is 0.0136. The van der Waals surface area contributed by atoms with Crippen molar-refractivity contribution in [3.8, 4) is 0 Å². The molecule has 1 aromatic carbocycles. The average molecular weight is 285 g/mol. The highest BCUT2D eigenvalue weighted by atomic mass is 19.1. The minimum atomic E-state index is -0.704. The van der Waals surface area contributed by atoms with Gasteiger partial charge >= 0.3 is 0 Å². The number of nitrogens with zero attached hydrogens (tertiary/aromatic N) is 1. The maximum absolute atomic E-state index is 13.7. The Kier molecular flexibility index (Phi) is 6.58. The first-order chi connectivity index (χ1) is 9.54. The molecule has 112 valence electrons. The number of amides is 1. The molecular weight excluding hydrogens is 264 g/mol. The molecule has 0 spiro atoms. The topological polar surface area (TPSA) is 29.5 Å². The van der Waals surface area contributed by atoms with E-state index in [0.29, 0.717) is 13.2 Å². The molecule has 0 saturated carbocycles. The van der Waals surface area contributed by atoms with E-state index in [1.165, 1.54) is 0 Å². The van der Waals surface area contributed by atoms with E-state index in [1.807, 2.05) is 13.8 Å². The summed E-state index contributed by atoms with van der Waals surface area (Å²) in [5.74, 6) is -1.82. The fourth-order valence-electron chi connectivity index (χ4n) is 2.19. The molecule has 0 bridgehead atoms. The lowest BCUT2D eigenvalue weighted by Gasteiger charge is -2.30. The van der Waals surface area contributed by atoms with Crippen molar-refractivity contribution in [2.75, 3.05) is 20.3 Å². The van der Waals surface area contributed by atoms with Gasteiger partial charge in [0.1, 0.15) is 11.6 Å². The van der Waals surface area contributed by atoms with Gasteiger partial charge in [0, 0.05) is 19.7 Å². The van der Waals surface area contributed by atoms with Gasteiger partial charge in [-0.2, -0.15) is 0 Å². The Labute approximate surface area is 118 Å². The van der Waals surface area contributed by atoms with Gasteiger partial charge in [0.2, 0.25) is 0 Å². The van der Waals surface area contributed by atoms with Crippen LogP contribution in [0.15, 0.2) is 18.2 Å². The van der Waals surface area contributed by atoms with Crippen molar-refractivity contribution in [1.82, 2.24) is 4.90 Å². The number of halogens is 2. The van der Waals surface area contributed by atoms with Gasteiger partial charge in [-0.3, -0.25) is 4.79 Å². The summed E-state index contributed by atoms with van der Waals surface area (Å²) in [5.41, 5.74) is -0.229. The third-order valence-electron chi connectivity index (χ3n) is 3.34. The maximum Gasteiger partial charge on any atom is 0.257 e. The van der Waals surface area contributed by atoms with E-state index < -0.39 is 17.5 Å². The first-order valence-electron chi connectivity index (χ1n) is 6.80. The number of methoxy groups -OCH3 is 1. The van der Waals surface area contributed by atoms with Crippen LogP contribution in [0.2, 0.25) is 0 Å². The van der Waals surface area contributed by atoms with Gasteiger partial charge in [0.25, 0.3) is 5.91 Å². The largest absolute Gasteiger partial charge is 0.383 e. The van der Waals surface area contributed by atoms with Crippen LogP contribution in [0.25, 0.3) is 0 Å². The first kappa shape index (κ1) is 16.6. The predicted molar refractivity (Wildman–Crippen MR) is 73.6 cm³/mol. The minimum Gasteiger partial charge on any atom is -0.383 e. The molecule has 0 N–H and O–H groups in total. The van der Waals surface area contributed by atoms with Crippen LogP contribution in [-0.2, 0) is 4.74 Å². The molecule has 0 fully saturated rings. The predicted octanol–water partition coefficient (Wildman–Crippen LogP) is 3.24. The van der Waals surface area contributed by atoms with Crippen molar-refractivity contribution in [2.45, 2.75) is 32.7 Å². The zero-order valence-corrected chi connectivity index (χ0v) is 12.2. The molecule has 20 heavy (non-hydrogen) atoms. The highest BCUT2D eigenvalue weighted by Gasteiger charge is 2.24. The standard InChI is InChI=1S/C15H21F2NO2/c1-4-12(5-2)18(8-9-20-3)15(19)13-10-11(16)6-7-14(13)17/h6-7,10,12H,4-5,8-9H2,1-3H3. The van der Waals surface area contributed by atoms with Crippen molar-refractivity contribution in [2.24, 2.45) is 0 Å². The lowest BCUT2D eigenvalue weighted by atomic mass is 10.1. The molecule has 0 aromatic heterocycles. The van der Waals surface area contributed by atoms with Crippen LogP contribution in [0.4, 0.5) is 8.78 Å². The maximum atomic E-state index is 13.7. The van der Waals surface area contributed by atoms with Gasteiger partial charge in [0.15, 0.2) is 0 Å². The molecular formula is C15H21F2NO2. The molecule has 0 aliphatic carbocycles. The number of ether oxygens (including phenoxy) is 1. The molecule has 0 aliphatic rings. The van der Waals surface area contributed by atoms with E-state index >= 15 is 0 Å². The van der Waals surface area contributed by atoms with Crippen molar-refractivity contribution < 1.29 is 18.3 Å². The average Bonchev–Trinajstić information content (AvgIpc) is 2.45. The summed E-state index contributed by atoms with van der Waals surface area (Å²) in [5, 5.41) is 0. The molecule has 0 heterocycles. The summed E-state index contributed by atoms with van der Waals surface area (Å²) < 4.78 is 31.9. The first-order valence-corrected chi connectivity index (χ1v) is 6.80.